The molecule has 7 heteroatoms. The van der Waals surface area contributed by atoms with E-state index in [4.69, 9.17) is 4.99 Å². The predicted molar refractivity (Wildman–Crippen MR) is 137 cm³/mol. The van der Waals surface area contributed by atoms with E-state index in [-0.39, 0.29) is 24.0 Å². The number of aryl methyl sites for hydroxylation is 1. The van der Waals surface area contributed by atoms with E-state index in [1.54, 1.807) is 0 Å². The fourth-order valence-corrected chi connectivity index (χ4v) is 3.39. The van der Waals surface area contributed by atoms with Crippen LogP contribution in [0, 0.1) is 6.92 Å². The molecule has 6 nitrogen and oxygen atoms in total. The second-order valence-corrected chi connectivity index (χ2v) is 7.48. The Hall–Kier alpha value is -1.87. The van der Waals surface area contributed by atoms with Gasteiger partial charge in [-0.05, 0) is 37.6 Å². The Morgan fingerprint density at radius 1 is 0.967 bits per heavy atom. The van der Waals surface area contributed by atoms with Gasteiger partial charge in [-0.3, -0.25) is 0 Å². The summed E-state index contributed by atoms with van der Waals surface area (Å²) in [6.07, 6.45) is 1.95. The van der Waals surface area contributed by atoms with E-state index in [1.165, 1.54) is 11.1 Å². The van der Waals surface area contributed by atoms with Crippen molar-refractivity contribution in [2.24, 2.45) is 4.99 Å². The maximum Gasteiger partial charge on any atom is 0.191 e. The predicted octanol–water partition coefficient (Wildman–Crippen LogP) is 3.41. The first-order valence-corrected chi connectivity index (χ1v) is 10.7. The normalized spacial score (nSPS) is 14.9. The zero-order valence-electron chi connectivity index (χ0n) is 18.4. The molecular weight excluding hydrogens is 487 g/mol. The van der Waals surface area contributed by atoms with Crippen LogP contribution in [0.2, 0.25) is 0 Å². The Labute approximate surface area is 198 Å². The average Bonchev–Trinajstić information content (AvgIpc) is 2.77. The number of hydrogen-bond acceptors (Lipinski definition) is 4. The molecule has 0 saturated carbocycles. The van der Waals surface area contributed by atoms with Gasteiger partial charge in [0.15, 0.2) is 5.96 Å². The van der Waals surface area contributed by atoms with Gasteiger partial charge >= 0.3 is 0 Å². The number of guanidine groups is 1. The highest BCUT2D eigenvalue weighted by Crippen LogP contribution is 2.14. The summed E-state index contributed by atoms with van der Waals surface area (Å²) in [5, 5.41) is 6.72. The van der Waals surface area contributed by atoms with Crippen molar-refractivity contribution in [2.45, 2.75) is 33.9 Å². The van der Waals surface area contributed by atoms with Gasteiger partial charge in [0.2, 0.25) is 0 Å². The van der Waals surface area contributed by atoms with Gasteiger partial charge in [0.05, 0.1) is 6.54 Å². The molecule has 0 bridgehead atoms. The Morgan fingerprint density at radius 2 is 1.67 bits per heavy atom. The topological polar surface area (TPSA) is 55.8 Å². The highest BCUT2D eigenvalue weighted by molar-refractivity contribution is 14.0. The molecule has 1 saturated heterocycles. The molecule has 2 aromatic rings. The van der Waals surface area contributed by atoms with E-state index < -0.39 is 0 Å². The number of piperazine rings is 1. The number of nitrogens with one attached hydrogen (secondary N) is 2. The van der Waals surface area contributed by atoms with Crippen molar-refractivity contribution in [3.05, 3.63) is 59.3 Å². The molecule has 0 aliphatic carbocycles. The Kier molecular flexibility index (Phi) is 10.4. The van der Waals surface area contributed by atoms with Gasteiger partial charge in [0, 0.05) is 45.5 Å². The molecule has 1 aliphatic heterocycles. The molecular formula is C23H35IN6. The first-order valence-electron chi connectivity index (χ1n) is 10.7. The molecule has 0 radical (unpaired) electrons. The number of halogens is 1. The maximum absolute atomic E-state index is 4.71. The van der Waals surface area contributed by atoms with Crippen LogP contribution in [0.1, 0.15) is 30.5 Å². The highest BCUT2D eigenvalue weighted by atomic mass is 127. The van der Waals surface area contributed by atoms with E-state index in [0.29, 0.717) is 6.54 Å². The van der Waals surface area contributed by atoms with Crippen molar-refractivity contribution in [1.82, 2.24) is 20.5 Å². The quantitative estimate of drug-likeness (QED) is 0.332. The van der Waals surface area contributed by atoms with E-state index in [2.05, 4.69) is 82.6 Å². The third kappa shape index (κ3) is 7.43. The standard InChI is InChI=1S/C23H34N6.HI/c1-4-24-23(26-16-20-8-6-19(3)7-9-20)27-18-21-10-11-22(25-17-21)29-14-12-28(5-2)13-15-29;/h6-11,17H,4-5,12-16,18H2,1-3H3,(H2,24,26,27);1H. The van der Waals surface area contributed by atoms with Gasteiger partial charge in [-0.25, -0.2) is 9.98 Å². The molecule has 0 spiro atoms. The minimum atomic E-state index is 0. The molecule has 30 heavy (non-hydrogen) atoms. The number of anilines is 1. The Morgan fingerprint density at radius 3 is 2.27 bits per heavy atom. The summed E-state index contributed by atoms with van der Waals surface area (Å²) in [5.74, 6) is 1.89. The lowest BCUT2D eigenvalue weighted by molar-refractivity contribution is 0.270. The van der Waals surface area contributed by atoms with Crippen LogP contribution in [-0.2, 0) is 13.1 Å². The van der Waals surface area contributed by atoms with Crippen molar-refractivity contribution >= 4 is 35.8 Å². The van der Waals surface area contributed by atoms with E-state index >= 15 is 0 Å². The molecule has 1 fully saturated rings. The lowest BCUT2D eigenvalue weighted by Gasteiger charge is -2.34. The van der Waals surface area contributed by atoms with Crippen LogP contribution in [0.15, 0.2) is 47.6 Å². The molecule has 0 atom stereocenters. The van der Waals surface area contributed by atoms with Crippen LogP contribution in [0.5, 0.6) is 0 Å². The highest BCUT2D eigenvalue weighted by Gasteiger charge is 2.16. The van der Waals surface area contributed by atoms with Crippen molar-refractivity contribution in [3.8, 4) is 0 Å². The fraction of sp³-hybridized carbons (Fsp3) is 0.478. The largest absolute Gasteiger partial charge is 0.357 e. The molecule has 0 amide bonds. The van der Waals surface area contributed by atoms with Crippen LogP contribution in [0.3, 0.4) is 0 Å². The molecule has 2 N–H and O–H groups in total. The van der Waals surface area contributed by atoms with Gasteiger partial charge in [-0.2, -0.15) is 0 Å². The van der Waals surface area contributed by atoms with Crippen molar-refractivity contribution in [3.63, 3.8) is 0 Å². The number of hydrogen-bond donors (Lipinski definition) is 2. The van der Waals surface area contributed by atoms with Crippen LogP contribution in [0.4, 0.5) is 5.82 Å². The number of likely N-dealkylation sites (N-methyl/N-ethyl adjacent to an activating group) is 1. The number of aromatic nitrogens is 1. The average molecular weight is 522 g/mol. The molecule has 1 aliphatic rings. The fourth-order valence-electron chi connectivity index (χ4n) is 3.39. The summed E-state index contributed by atoms with van der Waals surface area (Å²) in [4.78, 5) is 14.2. The molecule has 1 aromatic heterocycles. The van der Waals surface area contributed by atoms with Crippen LogP contribution >= 0.6 is 24.0 Å². The van der Waals surface area contributed by atoms with Crippen LogP contribution < -0.4 is 15.5 Å². The Balaban J connectivity index is 0.00000320. The smallest absolute Gasteiger partial charge is 0.191 e. The first kappa shape index (κ1) is 24.4. The second-order valence-electron chi connectivity index (χ2n) is 7.48. The molecule has 2 heterocycles. The van der Waals surface area contributed by atoms with Crippen molar-refractivity contribution < 1.29 is 0 Å². The van der Waals surface area contributed by atoms with E-state index in [0.717, 1.165) is 63.2 Å². The van der Waals surface area contributed by atoms with Gasteiger partial charge in [-0.1, -0.05) is 42.8 Å². The molecule has 1 aromatic carbocycles. The summed E-state index contributed by atoms with van der Waals surface area (Å²) < 4.78 is 0. The SMILES string of the molecule is CCNC(=NCc1ccc(N2CCN(CC)CC2)nc1)NCc1ccc(C)cc1.I. The number of aliphatic imine (C=N–C) groups is 1. The van der Waals surface area contributed by atoms with Crippen LogP contribution in [0.25, 0.3) is 0 Å². The lowest BCUT2D eigenvalue weighted by Crippen LogP contribution is -2.46. The van der Waals surface area contributed by atoms with E-state index in [1.807, 2.05) is 6.20 Å². The summed E-state index contributed by atoms with van der Waals surface area (Å²) in [7, 11) is 0. The molecule has 164 valence electrons. The summed E-state index contributed by atoms with van der Waals surface area (Å²) in [5.41, 5.74) is 3.64. The van der Waals surface area contributed by atoms with Gasteiger partial charge in [0.25, 0.3) is 0 Å². The second kappa shape index (κ2) is 12.7. The minimum absolute atomic E-state index is 0. The maximum atomic E-state index is 4.71. The molecule has 0 unspecified atom stereocenters. The van der Waals surface area contributed by atoms with E-state index in [9.17, 15) is 0 Å². The third-order valence-electron chi connectivity index (χ3n) is 5.30. The minimum Gasteiger partial charge on any atom is -0.357 e. The zero-order valence-corrected chi connectivity index (χ0v) is 20.7. The third-order valence-corrected chi connectivity index (χ3v) is 5.30. The monoisotopic (exact) mass is 522 g/mol. The van der Waals surface area contributed by atoms with Crippen molar-refractivity contribution in [1.29, 1.82) is 0 Å². The Bertz CT molecular complexity index is 767. The summed E-state index contributed by atoms with van der Waals surface area (Å²) in [6.45, 7) is 14.1. The summed E-state index contributed by atoms with van der Waals surface area (Å²) in [6, 6.07) is 12.8. The van der Waals surface area contributed by atoms with Gasteiger partial charge < -0.3 is 20.4 Å². The molecule has 3 rings (SSSR count). The van der Waals surface area contributed by atoms with Gasteiger partial charge in [0.1, 0.15) is 5.82 Å². The number of rotatable bonds is 7. The number of nitrogens with zero attached hydrogens (tertiary/aromatic N) is 4. The van der Waals surface area contributed by atoms with Crippen LogP contribution in [-0.4, -0.2) is 55.1 Å². The lowest BCUT2D eigenvalue weighted by atomic mass is 10.1. The van der Waals surface area contributed by atoms with Crippen molar-refractivity contribution in [2.75, 3.05) is 44.2 Å². The number of pyridine rings is 1. The summed E-state index contributed by atoms with van der Waals surface area (Å²) >= 11 is 0. The van der Waals surface area contributed by atoms with Gasteiger partial charge in [-0.15, -0.1) is 24.0 Å². The number of benzene rings is 1. The zero-order chi connectivity index (χ0) is 20.5. The first-order chi connectivity index (χ1) is 14.2.